The van der Waals surface area contributed by atoms with Gasteiger partial charge in [0, 0.05) is 35.2 Å². The number of piperidine rings is 1. The van der Waals surface area contributed by atoms with Crippen molar-refractivity contribution in [3.8, 4) is 0 Å². The largest absolute Gasteiger partial charge is 0.464 e. The number of carbonyl (C=O) groups is 3. The van der Waals surface area contributed by atoms with Crippen LogP contribution in [0.5, 0.6) is 0 Å². The van der Waals surface area contributed by atoms with Gasteiger partial charge in [0.15, 0.2) is 23.2 Å². The number of hydrogen-bond donors (Lipinski definition) is 1. The van der Waals surface area contributed by atoms with E-state index in [0.717, 1.165) is 12.8 Å². The van der Waals surface area contributed by atoms with Crippen LogP contribution in [0.1, 0.15) is 80.9 Å². The summed E-state index contributed by atoms with van der Waals surface area (Å²) >= 11 is 3.27. The Balaban J connectivity index is 1.74. The van der Waals surface area contributed by atoms with E-state index in [1.165, 1.54) is 18.2 Å². The molecular formula is C33H41BrFN5O5. The molecule has 0 bridgehead atoms. The SMILES string of the molecule is C=CC1CC(C)CCN1c1c([C@H](OC(C)(C)C)C(=O)OCC)c(C)nc2cc(C(=O)NCC(=O)Cc3ccc(F)cc3Br)nn12. The molecule has 0 spiro atoms. The molecule has 0 aliphatic carbocycles. The molecule has 0 radical (unpaired) electrons. The number of fused-ring (bicyclic) bond motifs is 1. The number of Topliss-reactive ketones (excluding diaryl/α,β-unsaturated/α-hetero) is 1. The van der Waals surface area contributed by atoms with Gasteiger partial charge >= 0.3 is 5.97 Å². The normalized spacial score (nSPS) is 17.6. The molecule has 1 aromatic carbocycles. The zero-order valence-corrected chi connectivity index (χ0v) is 28.2. The number of halogens is 2. The Morgan fingerprint density at radius 1 is 1.27 bits per heavy atom. The molecule has 3 atom stereocenters. The standard InChI is InChI=1S/C33H41BrFN5O5/c1-8-23-14-19(3)12-13-39(23)31-28(29(32(43)44-9-2)45-33(5,6)7)20(4)37-27-17-26(38-40(27)31)30(42)36-18-24(41)15-21-10-11-22(35)16-25(21)34/h8,10-11,16-17,19,23,29H,1,9,12-15,18H2,2-7H3,(H,36,42)/t19?,23?,29-/m0/s1. The number of rotatable bonds is 11. The number of hydrogen-bond acceptors (Lipinski definition) is 8. The highest BCUT2D eigenvalue weighted by Crippen LogP contribution is 2.38. The van der Waals surface area contributed by atoms with Gasteiger partial charge in [-0.25, -0.2) is 14.2 Å². The number of carbonyl (C=O) groups excluding carboxylic acids is 3. The summed E-state index contributed by atoms with van der Waals surface area (Å²) in [6, 6.07) is 5.58. The van der Waals surface area contributed by atoms with Crippen LogP contribution in [0, 0.1) is 18.7 Å². The number of ketones is 1. The molecule has 1 fully saturated rings. The van der Waals surface area contributed by atoms with Crippen LogP contribution in [0.4, 0.5) is 10.2 Å². The van der Waals surface area contributed by atoms with Crippen LogP contribution in [0.2, 0.25) is 0 Å². The monoisotopic (exact) mass is 685 g/mol. The van der Waals surface area contributed by atoms with Crippen molar-refractivity contribution in [1.29, 1.82) is 0 Å². The predicted octanol–water partition coefficient (Wildman–Crippen LogP) is 5.69. The molecule has 1 N–H and O–H groups in total. The average molecular weight is 687 g/mol. The summed E-state index contributed by atoms with van der Waals surface area (Å²) in [6.07, 6.45) is 2.54. The van der Waals surface area contributed by atoms with Gasteiger partial charge in [-0.3, -0.25) is 9.59 Å². The minimum absolute atomic E-state index is 0.0138. The first kappa shape index (κ1) is 34.2. The number of nitrogens with one attached hydrogen (secondary N) is 1. The minimum Gasteiger partial charge on any atom is -0.464 e. The van der Waals surface area contributed by atoms with Crippen molar-refractivity contribution in [3.63, 3.8) is 0 Å². The summed E-state index contributed by atoms with van der Waals surface area (Å²) in [6.45, 7) is 16.0. The third-order valence-electron chi connectivity index (χ3n) is 7.57. The van der Waals surface area contributed by atoms with Gasteiger partial charge in [-0.1, -0.05) is 35.0 Å². The van der Waals surface area contributed by atoms with E-state index in [2.05, 4.69) is 44.7 Å². The van der Waals surface area contributed by atoms with Gasteiger partial charge in [0.1, 0.15) is 11.6 Å². The Kier molecular flexibility index (Phi) is 10.8. The number of amides is 1. The average Bonchev–Trinajstić information content (AvgIpc) is 3.39. The lowest BCUT2D eigenvalue weighted by Crippen LogP contribution is -2.43. The number of esters is 1. The van der Waals surface area contributed by atoms with Crippen molar-refractivity contribution in [1.82, 2.24) is 19.9 Å². The molecule has 1 amide bonds. The van der Waals surface area contributed by atoms with Crippen molar-refractivity contribution in [2.45, 2.75) is 78.6 Å². The van der Waals surface area contributed by atoms with Crippen LogP contribution >= 0.6 is 15.9 Å². The van der Waals surface area contributed by atoms with E-state index in [9.17, 15) is 18.8 Å². The Hall–Kier alpha value is -3.64. The smallest absolute Gasteiger partial charge is 0.340 e. The quantitative estimate of drug-likeness (QED) is 0.202. The highest BCUT2D eigenvalue weighted by atomic mass is 79.9. The van der Waals surface area contributed by atoms with Gasteiger partial charge in [0.2, 0.25) is 0 Å². The molecule has 3 aromatic rings. The zero-order chi connectivity index (χ0) is 33.1. The van der Waals surface area contributed by atoms with Crippen LogP contribution < -0.4 is 10.2 Å². The maximum absolute atomic E-state index is 13.4. The van der Waals surface area contributed by atoms with Crippen LogP contribution in [-0.2, 0) is 25.5 Å². The first-order chi connectivity index (χ1) is 21.2. The lowest BCUT2D eigenvalue weighted by atomic mass is 9.91. The van der Waals surface area contributed by atoms with E-state index in [4.69, 9.17) is 14.5 Å². The first-order valence-electron chi connectivity index (χ1n) is 15.1. The number of anilines is 1. The fourth-order valence-electron chi connectivity index (χ4n) is 5.48. The fraction of sp³-hybridized carbons (Fsp3) is 0.485. The van der Waals surface area contributed by atoms with Crippen LogP contribution in [0.25, 0.3) is 5.65 Å². The lowest BCUT2D eigenvalue weighted by molar-refractivity contribution is -0.166. The molecule has 2 aromatic heterocycles. The number of ether oxygens (including phenoxy) is 2. The number of aromatic nitrogens is 3. The van der Waals surface area contributed by atoms with E-state index >= 15 is 0 Å². The van der Waals surface area contributed by atoms with Crippen LogP contribution in [0.15, 0.2) is 41.4 Å². The summed E-state index contributed by atoms with van der Waals surface area (Å²) in [5.41, 5.74) is 1.41. The summed E-state index contributed by atoms with van der Waals surface area (Å²) in [4.78, 5) is 46.2. The van der Waals surface area contributed by atoms with Crippen molar-refractivity contribution in [3.05, 3.63) is 69.7 Å². The number of nitrogens with zero attached hydrogens (tertiary/aromatic N) is 4. The van der Waals surface area contributed by atoms with E-state index in [1.807, 2.05) is 26.8 Å². The second kappa shape index (κ2) is 14.2. The van der Waals surface area contributed by atoms with Gasteiger partial charge < -0.3 is 19.7 Å². The predicted molar refractivity (Wildman–Crippen MR) is 173 cm³/mol. The van der Waals surface area contributed by atoms with E-state index in [0.29, 0.717) is 45.2 Å². The Morgan fingerprint density at radius 2 is 2.00 bits per heavy atom. The van der Waals surface area contributed by atoms with E-state index < -0.39 is 29.4 Å². The molecular weight excluding hydrogens is 645 g/mol. The Bertz CT molecular complexity index is 1600. The van der Waals surface area contributed by atoms with Gasteiger partial charge in [-0.2, -0.15) is 9.61 Å². The minimum atomic E-state index is -1.11. The van der Waals surface area contributed by atoms with E-state index in [1.54, 1.807) is 24.4 Å². The second-order valence-electron chi connectivity index (χ2n) is 12.4. The highest BCUT2D eigenvalue weighted by Gasteiger charge is 2.38. The lowest BCUT2D eigenvalue weighted by Gasteiger charge is -2.40. The Morgan fingerprint density at radius 3 is 2.64 bits per heavy atom. The molecule has 1 aliphatic rings. The third-order valence-corrected chi connectivity index (χ3v) is 8.31. The van der Waals surface area contributed by atoms with Gasteiger partial charge in [-0.15, -0.1) is 6.58 Å². The van der Waals surface area contributed by atoms with Crippen molar-refractivity contribution in [2.24, 2.45) is 5.92 Å². The molecule has 12 heteroatoms. The van der Waals surface area contributed by atoms with Gasteiger partial charge in [-0.05, 0) is 71.1 Å². The summed E-state index contributed by atoms with van der Waals surface area (Å²) in [7, 11) is 0. The summed E-state index contributed by atoms with van der Waals surface area (Å²) in [5.74, 6) is -0.740. The molecule has 10 nitrogen and oxygen atoms in total. The fourth-order valence-corrected chi connectivity index (χ4v) is 5.97. The molecule has 0 saturated carbocycles. The molecule has 45 heavy (non-hydrogen) atoms. The summed E-state index contributed by atoms with van der Waals surface area (Å²) < 4.78 is 27.3. The summed E-state index contributed by atoms with van der Waals surface area (Å²) in [5, 5.41) is 7.29. The Labute approximate surface area is 271 Å². The zero-order valence-electron chi connectivity index (χ0n) is 26.7. The second-order valence-corrected chi connectivity index (χ2v) is 13.2. The highest BCUT2D eigenvalue weighted by molar-refractivity contribution is 9.10. The molecule has 1 saturated heterocycles. The molecule has 4 rings (SSSR count). The van der Waals surface area contributed by atoms with Crippen molar-refractivity contribution < 1.29 is 28.2 Å². The molecule has 242 valence electrons. The van der Waals surface area contributed by atoms with Gasteiger partial charge in [0.25, 0.3) is 5.91 Å². The molecule has 1 aliphatic heterocycles. The van der Waals surface area contributed by atoms with E-state index in [-0.39, 0.29) is 37.1 Å². The maximum Gasteiger partial charge on any atom is 0.340 e. The molecule has 3 heterocycles. The maximum atomic E-state index is 13.4. The van der Waals surface area contributed by atoms with Crippen LogP contribution in [0.3, 0.4) is 0 Å². The first-order valence-corrected chi connectivity index (χ1v) is 15.9. The number of aryl methyl sites for hydroxylation is 1. The van der Waals surface area contributed by atoms with Crippen LogP contribution in [-0.4, -0.2) is 63.6 Å². The van der Waals surface area contributed by atoms with Crippen molar-refractivity contribution in [2.75, 3.05) is 24.6 Å². The number of benzene rings is 1. The third kappa shape index (κ3) is 8.15. The topological polar surface area (TPSA) is 115 Å². The molecule has 2 unspecified atom stereocenters. The van der Waals surface area contributed by atoms with Crippen molar-refractivity contribution >= 4 is 45.1 Å². The van der Waals surface area contributed by atoms with Gasteiger partial charge in [0.05, 0.1) is 24.3 Å².